The third-order valence-electron chi connectivity index (χ3n) is 2.70. The fourth-order valence-corrected chi connectivity index (χ4v) is 1.61. The molecule has 1 aromatic carbocycles. The zero-order chi connectivity index (χ0) is 15.6. The Bertz CT molecular complexity index is 442. The third-order valence-corrected chi connectivity index (χ3v) is 2.70. The van der Waals surface area contributed by atoms with Crippen molar-refractivity contribution in [3.63, 3.8) is 0 Å². The van der Waals surface area contributed by atoms with E-state index in [1.54, 1.807) is 0 Å². The molecule has 0 bridgehead atoms. The van der Waals surface area contributed by atoms with Crippen molar-refractivity contribution >= 4 is 0 Å². The highest BCUT2D eigenvalue weighted by Crippen LogP contribution is 2.34. The van der Waals surface area contributed by atoms with Gasteiger partial charge in [0.15, 0.2) is 0 Å². The van der Waals surface area contributed by atoms with Crippen LogP contribution in [0.15, 0.2) is 24.3 Å². The first-order chi connectivity index (χ1) is 9.05. The van der Waals surface area contributed by atoms with E-state index in [4.69, 9.17) is 0 Å². The fourth-order valence-electron chi connectivity index (χ4n) is 1.61. The molecule has 1 aromatic rings. The molecular formula is C12H12F7N. The summed E-state index contributed by atoms with van der Waals surface area (Å²) in [4.78, 5) is 0. The van der Waals surface area contributed by atoms with E-state index in [0.717, 1.165) is 18.2 Å². The standard InChI is InChI=1S/C12H12F7N/c1-7(20-6-11(15,16)10(13)14)8-4-2-3-5-9(8)12(17,18)19/h2-5,7,10,20H,6H2,1H3. The Hall–Kier alpha value is -1.31. The number of alkyl halides is 7. The highest BCUT2D eigenvalue weighted by atomic mass is 19.4. The molecule has 0 saturated heterocycles. The lowest BCUT2D eigenvalue weighted by molar-refractivity contribution is -0.138. The van der Waals surface area contributed by atoms with Crippen LogP contribution in [0.2, 0.25) is 0 Å². The average Bonchev–Trinajstić information content (AvgIpc) is 2.35. The molecule has 20 heavy (non-hydrogen) atoms. The van der Waals surface area contributed by atoms with Crippen molar-refractivity contribution in [1.29, 1.82) is 0 Å². The SMILES string of the molecule is CC(NCC(F)(F)C(F)F)c1ccccc1C(F)(F)F. The molecule has 8 heteroatoms. The first-order valence-corrected chi connectivity index (χ1v) is 5.61. The lowest BCUT2D eigenvalue weighted by atomic mass is 10.0. The van der Waals surface area contributed by atoms with Crippen LogP contribution in [0.1, 0.15) is 24.1 Å². The van der Waals surface area contributed by atoms with Crippen LogP contribution < -0.4 is 5.32 Å². The van der Waals surface area contributed by atoms with Crippen molar-refractivity contribution in [2.45, 2.75) is 31.5 Å². The van der Waals surface area contributed by atoms with Gasteiger partial charge in [-0.15, -0.1) is 0 Å². The van der Waals surface area contributed by atoms with E-state index < -0.39 is 36.7 Å². The molecular weight excluding hydrogens is 291 g/mol. The first kappa shape index (κ1) is 16.7. The summed E-state index contributed by atoms with van der Waals surface area (Å²) in [6.45, 7) is -0.204. The van der Waals surface area contributed by atoms with Gasteiger partial charge in [0.1, 0.15) is 0 Å². The minimum absolute atomic E-state index is 0.273. The normalized spacial score (nSPS) is 14.7. The van der Waals surface area contributed by atoms with Gasteiger partial charge in [0.05, 0.1) is 12.1 Å². The predicted octanol–water partition coefficient (Wildman–Crippen LogP) is 4.26. The number of benzene rings is 1. The average molecular weight is 303 g/mol. The maximum Gasteiger partial charge on any atom is 0.416 e. The van der Waals surface area contributed by atoms with Gasteiger partial charge in [-0.3, -0.25) is 0 Å². The number of nitrogens with one attached hydrogen (secondary N) is 1. The molecule has 0 aromatic heterocycles. The van der Waals surface area contributed by atoms with Gasteiger partial charge in [0.25, 0.3) is 0 Å². The maximum atomic E-state index is 12.7. The van der Waals surface area contributed by atoms with Crippen molar-refractivity contribution in [2.75, 3.05) is 6.54 Å². The predicted molar refractivity (Wildman–Crippen MR) is 58.8 cm³/mol. The summed E-state index contributed by atoms with van der Waals surface area (Å²) in [5, 5.41) is 2.00. The van der Waals surface area contributed by atoms with E-state index in [1.807, 2.05) is 5.32 Å². The monoisotopic (exact) mass is 303 g/mol. The third kappa shape index (κ3) is 4.09. The number of hydrogen-bond acceptors (Lipinski definition) is 1. The molecule has 0 aliphatic carbocycles. The van der Waals surface area contributed by atoms with Crippen LogP contribution >= 0.6 is 0 Å². The topological polar surface area (TPSA) is 12.0 Å². The van der Waals surface area contributed by atoms with Gasteiger partial charge in [0, 0.05) is 6.04 Å². The van der Waals surface area contributed by atoms with Crippen LogP contribution in [0.4, 0.5) is 30.7 Å². The minimum atomic E-state index is -4.64. The fraction of sp³-hybridized carbons (Fsp3) is 0.500. The molecule has 0 heterocycles. The second kappa shape index (κ2) is 5.99. The van der Waals surface area contributed by atoms with E-state index in [1.165, 1.54) is 13.0 Å². The number of halogens is 7. The van der Waals surface area contributed by atoms with Crippen molar-refractivity contribution in [3.05, 3.63) is 35.4 Å². The molecule has 1 rings (SSSR count). The van der Waals surface area contributed by atoms with E-state index in [-0.39, 0.29) is 5.56 Å². The Labute approximate surface area is 110 Å². The van der Waals surface area contributed by atoms with Gasteiger partial charge in [0.2, 0.25) is 0 Å². The molecule has 1 unspecified atom stereocenters. The van der Waals surface area contributed by atoms with Crippen molar-refractivity contribution in [2.24, 2.45) is 0 Å². The second-order valence-corrected chi connectivity index (χ2v) is 4.25. The summed E-state index contributed by atoms with van der Waals surface area (Å²) in [6, 6.07) is 3.25. The Morgan fingerprint density at radius 2 is 1.60 bits per heavy atom. The minimum Gasteiger partial charge on any atom is -0.304 e. The summed E-state index contributed by atoms with van der Waals surface area (Å²) in [7, 11) is 0. The first-order valence-electron chi connectivity index (χ1n) is 5.61. The molecule has 0 amide bonds. The summed E-state index contributed by atoms with van der Waals surface area (Å²) in [5.41, 5.74) is -1.26. The molecule has 1 atom stereocenters. The Kier molecular flexibility index (Phi) is 5.01. The lowest BCUT2D eigenvalue weighted by Gasteiger charge is -2.22. The van der Waals surface area contributed by atoms with Gasteiger partial charge in [-0.1, -0.05) is 18.2 Å². The zero-order valence-electron chi connectivity index (χ0n) is 10.3. The van der Waals surface area contributed by atoms with Crippen molar-refractivity contribution in [3.8, 4) is 0 Å². The highest BCUT2D eigenvalue weighted by molar-refractivity contribution is 5.32. The smallest absolute Gasteiger partial charge is 0.304 e. The van der Waals surface area contributed by atoms with E-state index >= 15 is 0 Å². The number of hydrogen-bond donors (Lipinski definition) is 1. The molecule has 0 fully saturated rings. The summed E-state index contributed by atoms with van der Waals surface area (Å²) >= 11 is 0. The summed E-state index contributed by atoms with van der Waals surface area (Å²) < 4.78 is 87.5. The van der Waals surface area contributed by atoms with Gasteiger partial charge in [-0.2, -0.15) is 22.0 Å². The molecule has 1 nitrogen and oxygen atoms in total. The van der Waals surface area contributed by atoms with Crippen LogP contribution in [0.5, 0.6) is 0 Å². The molecule has 0 aliphatic heterocycles. The van der Waals surface area contributed by atoms with E-state index in [2.05, 4.69) is 0 Å². The van der Waals surface area contributed by atoms with Crippen molar-refractivity contribution in [1.82, 2.24) is 5.32 Å². The Morgan fingerprint density at radius 3 is 2.10 bits per heavy atom. The highest BCUT2D eigenvalue weighted by Gasteiger charge is 2.41. The van der Waals surface area contributed by atoms with Crippen LogP contribution in [0, 0.1) is 0 Å². The summed E-state index contributed by atoms with van der Waals surface area (Å²) in [6.07, 6.45) is -8.52. The van der Waals surface area contributed by atoms with Crippen LogP contribution in [0.25, 0.3) is 0 Å². The Morgan fingerprint density at radius 1 is 1.05 bits per heavy atom. The molecule has 0 saturated carbocycles. The molecule has 1 N–H and O–H groups in total. The Balaban J connectivity index is 2.86. The zero-order valence-corrected chi connectivity index (χ0v) is 10.3. The largest absolute Gasteiger partial charge is 0.416 e. The second-order valence-electron chi connectivity index (χ2n) is 4.25. The van der Waals surface area contributed by atoms with Crippen molar-refractivity contribution < 1.29 is 30.7 Å². The van der Waals surface area contributed by atoms with E-state index in [9.17, 15) is 30.7 Å². The molecule has 0 aliphatic rings. The summed E-state index contributed by atoms with van der Waals surface area (Å²) in [5.74, 6) is -4.29. The molecule has 0 spiro atoms. The lowest BCUT2D eigenvalue weighted by Crippen LogP contribution is -2.40. The number of rotatable bonds is 5. The quantitative estimate of drug-likeness (QED) is 0.802. The van der Waals surface area contributed by atoms with E-state index in [0.29, 0.717) is 0 Å². The van der Waals surface area contributed by atoms with Gasteiger partial charge in [-0.05, 0) is 18.6 Å². The van der Waals surface area contributed by atoms with Crippen LogP contribution in [-0.2, 0) is 6.18 Å². The molecule has 0 radical (unpaired) electrons. The van der Waals surface area contributed by atoms with Crippen LogP contribution in [-0.4, -0.2) is 18.9 Å². The molecule has 114 valence electrons. The maximum absolute atomic E-state index is 12.7. The van der Waals surface area contributed by atoms with Gasteiger partial charge < -0.3 is 5.32 Å². The van der Waals surface area contributed by atoms with Gasteiger partial charge in [-0.25, -0.2) is 8.78 Å². The van der Waals surface area contributed by atoms with Crippen LogP contribution in [0.3, 0.4) is 0 Å². The van der Waals surface area contributed by atoms with Gasteiger partial charge >= 0.3 is 18.5 Å².